The van der Waals surface area contributed by atoms with Gasteiger partial charge in [-0.15, -0.1) is 0 Å². The Labute approximate surface area is 158 Å². The molecule has 0 aliphatic heterocycles. The van der Waals surface area contributed by atoms with Crippen molar-refractivity contribution in [2.45, 2.75) is 72.1 Å². The van der Waals surface area contributed by atoms with Gasteiger partial charge in [-0.1, -0.05) is 53.6 Å². The van der Waals surface area contributed by atoms with Crippen molar-refractivity contribution in [1.82, 2.24) is 0 Å². The van der Waals surface area contributed by atoms with Gasteiger partial charge in [0.05, 0.1) is 0 Å². The van der Waals surface area contributed by atoms with Crippen molar-refractivity contribution in [3.05, 3.63) is 59.2 Å². The van der Waals surface area contributed by atoms with Crippen LogP contribution in [-0.4, -0.2) is 11.9 Å². The van der Waals surface area contributed by atoms with E-state index < -0.39 is 11.9 Å². The number of carbonyl (C=O) groups excluding carboxylic acids is 2. The number of benzene rings is 1. The molecule has 0 heterocycles. The van der Waals surface area contributed by atoms with E-state index in [1.807, 2.05) is 18.2 Å². The molecule has 0 atom stereocenters. The lowest BCUT2D eigenvalue weighted by atomic mass is 10.1. The lowest BCUT2D eigenvalue weighted by Gasteiger charge is -2.03. The third-order valence-electron chi connectivity index (χ3n) is 4.10. The molecule has 0 N–H and O–H groups in total. The predicted octanol–water partition coefficient (Wildman–Crippen LogP) is 5.94. The summed E-state index contributed by atoms with van der Waals surface area (Å²) < 4.78 is 4.88. The number of allylic oxidation sites excluding steroid dienone is 4. The van der Waals surface area contributed by atoms with Crippen LogP contribution in [0.4, 0.5) is 0 Å². The molecule has 0 radical (unpaired) electrons. The molecule has 3 heteroatoms. The maximum absolute atomic E-state index is 11.7. The SMILES string of the molecule is CC(C)=CCCC(C)=CCCC(=O)OC(=O)CCCCc1ccccc1. The molecule has 0 saturated carbocycles. The molecule has 1 rings (SSSR count). The Morgan fingerprint density at radius 3 is 2.19 bits per heavy atom. The van der Waals surface area contributed by atoms with E-state index in [9.17, 15) is 9.59 Å². The van der Waals surface area contributed by atoms with Gasteiger partial charge in [0.25, 0.3) is 0 Å². The molecule has 3 nitrogen and oxygen atoms in total. The summed E-state index contributed by atoms with van der Waals surface area (Å²) in [5.41, 5.74) is 3.86. The number of unbranched alkanes of at least 4 members (excludes halogenated alkanes) is 1. The fourth-order valence-electron chi connectivity index (χ4n) is 2.60. The van der Waals surface area contributed by atoms with Gasteiger partial charge in [0, 0.05) is 12.8 Å². The number of aryl methyl sites for hydroxylation is 1. The normalized spacial score (nSPS) is 11.1. The Kier molecular flexibility index (Phi) is 11.0. The number of esters is 2. The summed E-state index contributed by atoms with van der Waals surface area (Å²) in [6.45, 7) is 6.25. The van der Waals surface area contributed by atoms with Gasteiger partial charge >= 0.3 is 11.9 Å². The fourth-order valence-corrected chi connectivity index (χ4v) is 2.60. The summed E-state index contributed by atoms with van der Waals surface area (Å²) in [6.07, 6.45) is 10.1. The van der Waals surface area contributed by atoms with Crippen LogP contribution in [0.3, 0.4) is 0 Å². The highest BCUT2D eigenvalue weighted by Crippen LogP contribution is 2.10. The second-order valence-electron chi connectivity index (χ2n) is 6.95. The molecule has 0 aliphatic rings. The van der Waals surface area contributed by atoms with Crippen LogP contribution in [0.25, 0.3) is 0 Å². The van der Waals surface area contributed by atoms with Crippen molar-refractivity contribution in [2.75, 3.05) is 0 Å². The third-order valence-corrected chi connectivity index (χ3v) is 4.10. The first-order chi connectivity index (χ1) is 12.5. The van der Waals surface area contributed by atoms with Crippen LogP contribution in [0.2, 0.25) is 0 Å². The van der Waals surface area contributed by atoms with Crippen LogP contribution in [0.15, 0.2) is 53.6 Å². The summed E-state index contributed by atoms with van der Waals surface area (Å²) in [6, 6.07) is 10.2. The Morgan fingerprint density at radius 1 is 0.846 bits per heavy atom. The monoisotopic (exact) mass is 356 g/mol. The van der Waals surface area contributed by atoms with Gasteiger partial charge in [0.1, 0.15) is 0 Å². The topological polar surface area (TPSA) is 43.4 Å². The molecule has 0 unspecified atom stereocenters. The average molecular weight is 357 g/mol. The van der Waals surface area contributed by atoms with Gasteiger partial charge in [-0.05, 0) is 64.9 Å². The molecule has 0 amide bonds. The van der Waals surface area contributed by atoms with Gasteiger partial charge in [-0.3, -0.25) is 9.59 Å². The van der Waals surface area contributed by atoms with Gasteiger partial charge < -0.3 is 4.74 Å². The predicted molar refractivity (Wildman–Crippen MR) is 107 cm³/mol. The van der Waals surface area contributed by atoms with E-state index in [0.717, 1.165) is 32.1 Å². The highest BCUT2D eigenvalue weighted by Gasteiger charge is 2.09. The second-order valence-corrected chi connectivity index (χ2v) is 6.95. The summed E-state index contributed by atoms with van der Waals surface area (Å²) in [7, 11) is 0. The van der Waals surface area contributed by atoms with Gasteiger partial charge in [-0.2, -0.15) is 0 Å². The van der Waals surface area contributed by atoms with Crippen molar-refractivity contribution in [3.63, 3.8) is 0 Å². The number of carbonyl (C=O) groups is 2. The van der Waals surface area contributed by atoms with E-state index in [0.29, 0.717) is 12.8 Å². The number of hydrogen-bond acceptors (Lipinski definition) is 3. The zero-order chi connectivity index (χ0) is 19.2. The zero-order valence-electron chi connectivity index (χ0n) is 16.4. The Hall–Kier alpha value is -2.16. The largest absolute Gasteiger partial charge is 0.393 e. The second kappa shape index (κ2) is 13.1. The lowest BCUT2D eigenvalue weighted by molar-refractivity contribution is -0.159. The number of ether oxygens (including phenoxy) is 1. The molecule has 1 aromatic rings. The smallest absolute Gasteiger partial charge is 0.313 e. The van der Waals surface area contributed by atoms with Crippen LogP contribution < -0.4 is 0 Å². The van der Waals surface area contributed by atoms with Gasteiger partial charge in [0.2, 0.25) is 0 Å². The van der Waals surface area contributed by atoms with E-state index in [4.69, 9.17) is 4.74 Å². The number of hydrogen-bond donors (Lipinski definition) is 0. The van der Waals surface area contributed by atoms with E-state index in [-0.39, 0.29) is 6.42 Å². The highest BCUT2D eigenvalue weighted by atomic mass is 16.6. The van der Waals surface area contributed by atoms with E-state index in [1.165, 1.54) is 16.7 Å². The van der Waals surface area contributed by atoms with Crippen molar-refractivity contribution in [1.29, 1.82) is 0 Å². The van der Waals surface area contributed by atoms with Crippen LogP contribution >= 0.6 is 0 Å². The minimum absolute atomic E-state index is 0.260. The maximum atomic E-state index is 11.7. The van der Waals surface area contributed by atoms with Crippen LogP contribution in [-0.2, 0) is 20.7 Å². The summed E-state index contributed by atoms with van der Waals surface area (Å²) in [5, 5.41) is 0. The van der Waals surface area contributed by atoms with E-state index in [2.05, 4.69) is 45.1 Å². The lowest BCUT2D eigenvalue weighted by Crippen LogP contribution is -2.11. The molecule has 0 fully saturated rings. The molecular formula is C23H32O3. The van der Waals surface area contributed by atoms with Crippen molar-refractivity contribution < 1.29 is 14.3 Å². The number of rotatable bonds is 11. The highest BCUT2D eigenvalue weighted by molar-refractivity contribution is 5.85. The quantitative estimate of drug-likeness (QED) is 0.213. The molecule has 26 heavy (non-hydrogen) atoms. The van der Waals surface area contributed by atoms with Crippen LogP contribution in [0, 0.1) is 0 Å². The molecule has 0 aliphatic carbocycles. The van der Waals surface area contributed by atoms with Crippen molar-refractivity contribution >= 4 is 11.9 Å². The maximum Gasteiger partial charge on any atom is 0.313 e. The van der Waals surface area contributed by atoms with Gasteiger partial charge in [0.15, 0.2) is 0 Å². The minimum atomic E-state index is -0.425. The Morgan fingerprint density at radius 2 is 1.50 bits per heavy atom. The Bertz CT molecular complexity index is 608. The fraction of sp³-hybridized carbons (Fsp3) is 0.478. The molecule has 142 valence electrons. The van der Waals surface area contributed by atoms with Crippen molar-refractivity contribution in [2.24, 2.45) is 0 Å². The summed E-state index contributed by atoms with van der Waals surface area (Å²) in [5.74, 6) is -0.835. The first-order valence-corrected chi connectivity index (χ1v) is 9.54. The van der Waals surface area contributed by atoms with Crippen LogP contribution in [0.5, 0.6) is 0 Å². The standard InChI is InChI=1S/C23H32O3/c1-19(2)11-9-12-20(3)13-10-18-23(25)26-22(24)17-8-7-16-21-14-5-4-6-15-21/h4-6,11,13-15H,7-10,12,16-18H2,1-3H3. The molecule has 0 aromatic heterocycles. The molecule has 0 saturated heterocycles. The van der Waals surface area contributed by atoms with Crippen molar-refractivity contribution in [3.8, 4) is 0 Å². The van der Waals surface area contributed by atoms with Gasteiger partial charge in [-0.25, -0.2) is 0 Å². The molecule has 1 aromatic carbocycles. The van der Waals surface area contributed by atoms with Crippen LogP contribution in [0.1, 0.15) is 71.3 Å². The third kappa shape index (κ3) is 11.4. The molecule has 0 spiro atoms. The average Bonchev–Trinajstić information content (AvgIpc) is 2.59. The molecule has 0 bridgehead atoms. The van der Waals surface area contributed by atoms with E-state index in [1.54, 1.807) is 0 Å². The first kappa shape index (κ1) is 21.9. The summed E-state index contributed by atoms with van der Waals surface area (Å²) in [4.78, 5) is 23.4. The first-order valence-electron chi connectivity index (χ1n) is 9.54. The molecular weight excluding hydrogens is 324 g/mol. The Balaban J connectivity index is 2.12. The summed E-state index contributed by atoms with van der Waals surface area (Å²) >= 11 is 0. The van der Waals surface area contributed by atoms with E-state index >= 15 is 0 Å². The minimum Gasteiger partial charge on any atom is -0.393 e. The zero-order valence-corrected chi connectivity index (χ0v) is 16.4.